The van der Waals surface area contributed by atoms with Gasteiger partial charge in [0.05, 0.1) is 23.8 Å². The molecule has 1 aliphatic rings. The molecule has 0 aliphatic carbocycles. The lowest BCUT2D eigenvalue weighted by atomic mass is 10.0. The predicted octanol–water partition coefficient (Wildman–Crippen LogP) is 4.63. The van der Waals surface area contributed by atoms with E-state index in [9.17, 15) is 4.39 Å². The van der Waals surface area contributed by atoms with Gasteiger partial charge < -0.3 is 9.47 Å². The highest BCUT2D eigenvalue weighted by atomic mass is 35.5. The molecule has 1 aliphatic heterocycles. The fraction of sp³-hybridized carbons (Fsp3) is 0.333. The van der Waals surface area contributed by atoms with E-state index in [1.807, 2.05) is 6.08 Å². The maximum absolute atomic E-state index is 13.5. The summed E-state index contributed by atoms with van der Waals surface area (Å²) in [6.45, 7) is 5.02. The van der Waals surface area contributed by atoms with Gasteiger partial charge in [0.1, 0.15) is 5.82 Å². The topological polar surface area (TPSA) is 44.2 Å². The number of nitrogens with zero attached hydrogens (tertiary/aromatic N) is 2. The summed E-state index contributed by atoms with van der Waals surface area (Å²) >= 11 is 5.69. The van der Waals surface area contributed by atoms with E-state index in [1.54, 1.807) is 18.5 Å². The predicted molar refractivity (Wildman–Crippen MR) is 103 cm³/mol. The van der Waals surface area contributed by atoms with Crippen molar-refractivity contribution < 1.29 is 13.9 Å². The number of allylic oxidation sites excluding steroid dienone is 1. The largest absolute Gasteiger partial charge is 0.342 e. The van der Waals surface area contributed by atoms with E-state index in [0.717, 1.165) is 19.3 Å². The highest BCUT2D eigenvalue weighted by Crippen LogP contribution is 2.21. The first-order chi connectivity index (χ1) is 13.2. The summed E-state index contributed by atoms with van der Waals surface area (Å²) < 4.78 is 24.8. The summed E-state index contributed by atoms with van der Waals surface area (Å²) in [5.74, 6) is 6.19. The summed E-state index contributed by atoms with van der Waals surface area (Å²) in [6, 6.07) is 4.45. The van der Waals surface area contributed by atoms with Gasteiger partial charge in [0.25, 0.3) is 0 Å². The molecule has 0 unspecified atom stereocenters. The van der Waals surface area contributed by atoms with Gasteiger partial charge >= 0.3 is 0 Å². The Labute approximate surface area is 163 Å². The average Bonchev–Trinajstić information content (AvgIpc) is 2.70. The molecule has 1 aromatic heterocycles. The Kier molecular flexibility index (Phi) is 6.94. The fourth-order valence-corrected chi connectivity index (χ4v) is 2.78. The number of ether oxygens (including phenoxy) is 2. The molecule has 2 aromatic rings. The molecular formula is C21H20ClFN2O2. The van der Waals surface area contributed by atoms with Gasteiger partial charge in [0.15, 0.2) is 5.82 Å². The first kappa shape index (κ1) is 19.5. The molecule has 0 N–H and O–H groups in total. The van der Waals surface area contributed by atoms with Crippen molar-refractivity contribution in [3.63, 3.8) is 0 Å². The first-order valence-corrected chi connectivity index (χ1v) is 9.16. The molecule has 6 heteroatoms. The van der Waals surface area contributed by atoms with Crippen molar-refractivity contribution in [2.75, 3.05) is 13.2 Å². The van der Waals surface area contributed by atoms with Crippen LogP contribution in [-0.4, -0.2) is 29.5 Å². The number of aromatic nitrogens is 2. The van der Waals surface area contributed by atoms with Gasteiger partial charge in [0, 0.05) is 23.9 Å². The van der Waals surface area contributed by atoms with Gasteiger partial charge in [-0.15, -0.1) is 6.58 Å². The van der Waals surface area contributed by atoms with Crippen LogP contribution in [0.25, 0.3) is 11.4 Å². The number of rotatable bonds is 5. The Bertz CT molecular complexity index is 837. The zero-order valence-electron chi connectivity index (χ0n) is 14.8. The summed E-state index contributed by atoms with van der Waals surface area (Å²) in [5, 5.41) is 0.0664. The minimum absolute atomic E-state index is 0.0664. The Balaban J connectivity index is 1.55. The van der Waals surface area contributed by atoms with Crippen molar-refractivity contribution in [1.82, 2.24) is 9.97 Å². The third-order valence-electron chi connectivity index (χ3n) is 4.15. The van der Waals surface area contributed by atoms with Gasteiger partial charge in [-0.05, 0) is 43.4 Å². The summed E-state index contributed by atoms with van der Waals surface area (Å²) in [5.41, 5.74) is 1.19. The van der Waals surface area contributed by atoms with Crippen molar-refractivity contribution in [2.45, 2.75) is 25.6 Å². The minimum atomic E-state index is -0.536. The molecule has 2 heterocycles. The van der Waals surface area contributed by atoms with E-state index in [1.165, 1.54) is 12.1 Å². The van der Waals surface area contributed by atoms with Crippen LogP contribution in [0.15, 0.2) is 43.2 Å². The Morgan fingerprint density at radius 2 is 2.00 bits per heavy atom. The van der Waals surface area contributed by atoms with Gasteiger partial charge in [-0.25, -0.2) is 14.4 Å². The molecule has 0 saturated carbocycles. The van der Waals surface area contributed by atoms with Crippen molar-refractivity contribution in [3.05, 3.63) is 59.7 Å². The lowest BCUT2D eigenvalue weighted by molar-refractivity contribution is -0.170. The number of unbranched alkanes of at least 4 members (excludes halogenated alkanes) is 1. The Morgan fingerprint density at radius 1 is 1.26 bits per heavy atom. The molecule has 0 spiro atoms. The highest BCUT2D eigenvalue weighted by Gasteiger charge is 2.20. The van der Waals surface area contributed by atoms with Crippen LogP contribution < -0.4 is 0 Å². The molecule has 1 fully saturated rings. The second-order valence-electron chi connectivity index (χ2n) is 6.28. The number of halogens is 2. The van der Waals surface area contributed by atoms with E-state index in [-0.39, 0.29) is 5.02 Å². The van der Waals surface area contributed by atoms with Gasteiger partial charge in [-0.1, -0.05) is 23.6 Å². The standard InChI is InChI=1S/C21H20ClFN2O2/c1-2-3-4-5-16-13-26-20(27-14-16)9-6-15-11-24-21(25-12-15)17-7-8-18(22)19(23)10-17/h2,7-8,10-12,16,20H,1,3-5,13-14H2. The van der Waals surface area contributed by atoms with Crippen molar-refractivity contribution in [2.24, 2.45) is 5.92 Å². The van der Waals surface area contributed by atoms with E-state index in [2.05, 4.69) is 28.4 Å². The smallest absolute Gasteiger partial charge is 0.222 e. The van der Waals surface area contributed by atoms with Gasteiger partial charge in [0.2, 0.25) is 6.29 Å². The summed E-state index contributed by atoms with van der Waals surface area (Å²) in [4.78, 5) is 8.45. The van der Waals surface area contributed by atoms with Crippen molar-refractivity contribution in [3.8, 4) is 23.2 Å². The second-order valence-corrected chi connectivity index (χ2v) is 6.68. The van der Waals surface area contributed by atoms with E-state index in [0.29, 0.717) is 36.1 Å². The van der Waals surface area contributed by atoms with Gasteiger partial charge in [-0.3, -0.25) is 0 Å². The van der Waals surface area contributed by atoms with Crippen LogP contribution in [0, 0.1) is 23.6 Å². The molecule has 140 valence electrons. The van der Waals surface area contributed by atoms with Gasteiger partial charge in [-0.2, -0.15) is 0 Å². The van der Waals surface area contributed by atoms with E-state index < -0.39 is 12.1 Å². The van der Waals surface area contributed by atoms with Crippen molar-refractivity contribution in [1.29, 1.82) is 0 Å². The Hall–Kier alpha value is -2.26. The molecule has 0 amide bonds. The Morgan fingerprint density at radius 3 is 2.67 bits per heavy atom. The third-order valence-corrected chi connectivity index (χ3v) is 4.46. The van der Waals surface area contributed by atoms with Crippen LogP contribution in [0.1, 0.15) is 24.8 Å². The SMILES string of the molecule is C=CCCCC1COC(C#Cc2cnc(-c3ccc(Cl)c(F)c3)nc2)OC1. The average molecular weight is 387 g/mol. The second kappa shape index (κ2) is 9.61. The normalized spacial score (nSPS) is 19.2. The quantitative estimate of drug-likeness (QED) is 0.427. The molecule has 0 bridgehead atoms. The molecule has 27 heavy (non-hydrogen) atoms. The van der Waals surface area contributed by atoms with Crippen LogP contribution in [0.4, 0.5) is 4.39 Å². The number of benzene rings is 1. The zero-order chi connectivity index (χ0) is 19.1. The maximum Gasteiger partial charge on any atom is 0.222 e. The molecule has 3 rings (SSSR count). The molecule has 1 saturated heterocycles. The van der Waals surface area contributed by atoms with Crippen molar-refractivity contribution >= 4 is 11.6 Å². The lowest BCUT2D eigenvalue weighted by Crippen LogP contribution is -2.31. The summed E-state index contributed by atoms with van der Waals surface area (Å²) in [6.07, 6.45) is 7.73. The van der Waals surface area contributed by atoms with Crippen LogP contribution in [-0.2, 0) is 9.47 Å². The monoisotopic (exact) mass is 386 g/mol. The highest BCUT2D eigenvalue weighted by molar-refractivity contribution is 6.30. The van der Waals surface area contributed by atoms with E-state index >= 15 is 0 Å². The number of hydrogen-bond acceptors (Lipinski definition) is 4. The summed E-state index contributed by atoms with van der Waals surface area (Å²) in [7, 11) is 0. The first-order valence-electron chi connectivity index (χ1n) is 8.79. The molecule has 4 nitrogen and oxygen atoms in total. The molecule has 0 atom stereocenters. The van der Waals surface area contributed by atoms with Crippen LogP contribution >= 0.6 is 11.6 Å². The van der Waals surface area contributed by atoms with E-state index in [4.69, 9.17) is 21.1 Å². The van der Waals surface area contributed by atoms with Crippen LogP contribution in [0.2, 0.25) is 5.02 Å². The molecule has 1 aromatic carbocycles. The van der Waals surface area contributed by atoms with Crippen LogP contribution in [0.5, 0.6) is 0 Å². The minimum Gasteiger partial charge on any atom is -0.342 e. The lowest BCUT2D eigenvalue weighted by Gasteiger charge is -2.26. The zero-order valence-corrected chi connectivity index (χ0v) is 15.6. The maximum atomic E-state index is 13.5. The molecular weight excluding hydrogens is 367 g/mol. The number of hydrogen-bond donors (Lipinski definition) is 0. The van der Waals surface area contributed by atoms with Crippen LogP contribution in [0.3, 0.4) is 0 Å². The fourth-order valence-electron chi connectivity index (χ4n) is 2.66. The molecule has 0 radical (unpaired) electrons. The third kappa shape index (κ3) is 5.61.